The number of nitrogens with zero attached hydrogens (tertiary/aromatic N) is 1. The second-order valence-electron chi connectivity index (χ2n) is 3.52. The van der Waals surface area contributed by atoms with Crippen LogP contribution in [0.4, 0.5) is 10.1 Å². The molecular weight excluding hydrogens is 215 g/mol. The van der Waals surface area contributed by atoms with E-state index in [4.69, 9.17) is 10.5 Å². The fourth-order valence-corrected chi connectivity index (χ4v) is 1.02. The Morgan fingerprint density at radius 3 is 2.81 bits per heavy atom. The van der Waals surface area contributed by atoms with Crippen LogP contribution in [0.5, 0.6) is 5.75 Å². The number of benzene rings is 1. The lowest BCUT2D eigenvalue weighted by atomic mass is 10.2. The Hall–Kier alpha value is -1.69. The molecule has 0 saturated heterocycles. The molecule has 1 unspecified atom stereocenters. The summed E-state index contributed by atoms with van der Waals surface area (Å²) in [6, 6.07) is 3.28. The minimum atomic E-state index is -0.738. The topological polar surface area (TPSA) is 78.4 Å². The average molecular weight is 228 g/mol. The number of nitro benzene ring substituents is 1. The van der Waals surface area contributed by atoms with Crippen molar-refractivity contribution in [3.05, 3.63) is 34.1 Å². The molecule has 0 spiro atoms. The standard InChI is InChI=1S/C10H13FN2O3/c1-7(5-12)6-16-10-3-2-8(13(14)15)4-9(10)11/h2-4,7H,5-6,12H2,1H3. The predicted molar refractivity (Wildman–Crippen MR) is 56.8 cm³/mol. The first kappa shape index (κ1) is 12.4. The van der Waals surface area contributed by atoms with E-state index in [1.165, 1.54) is 12.1 Å². The summed E-state index contributed by atoms with van der Waals surface area (Å²) in [5.74, 6) is -0.626. The largest absolute Gasteiger partial charge is 0.490 e. The van der Waals surface area contributed by atoms with Crippen molar-refractivity contribution in [3.8, 4) is 5.75 Å². The average Bonchev–Trinajstić information content (AvgIpc) is 2.26. The van der Waals surface area contributed by atoms with E-state index in [9.17, 15) is 14.5 Å². The van der Waals surface area contributed by atoms with Gasteiger partial charge in [0.2, 0.25) is 0 Å². The van der Waals surface area contributed by atoms with Gasteiger partial charge in [-0.15, -0.1) is 0 Å². The summed E-state index contributed by atoms with van der Waals surface area (Å²) in [4.78, 5) is 9.70. The van der Waals surface area contributed by atoms with Gasteiger partial charge in [0.05, 0.1) is 17.6 Å². The summed E-state index contributed by atoms with van der Waals surface area (Å²) < 4.78 is 18.5. The third-order valence-electron chi connectivity index (χ3n) is 2.05. The van der Waals surface area contributed by atoms with E-state index in [0.29, 0.717) is 6.54 Å². The van der Waals surface area contributed by atoms with E-state index >= 15 is 0 Å². The highest BCUT2D eigenvalue weighted by Gasteiger charge is 2.12. The van der Waals surface area contributed by atoms with Crippen LogP contribution in [-0.2, 0) is 0 Å². The van der Waals surface area contributed by atoms with E-state index in [0.717, 1.165) is 6.07 Å². The molecule has 1 aromatic rings. The first-order chi connectivity index (χ1) is 7.54. The van der Waals surface area contributed by atoms with Gasteiger partial charge in [-0.05, 0) is 12.6 Å². The highest BCUT2D eigenvalue weighted by atomic mass is 19.1. The molecule has 0 aliphatic heterocycles. The Bertz CT molecular complexity index is 384. The van der Waals surface area contributed by atoms with E-state index in [1.54, 1.807) is 0 Å². The fourth-order valence-electron chi connectivity index (χ4n) is 1.02. The van der Waals surface area contributed by atoms with Gasteiger partial charge >= 0.3 is 0 Å². The van der Waals surface area contributed by atoms with Crippen LogP contribution >= 0.6 is 0 Å². The van der Waals surface area contributed by atoms with Crippen molar-refractivity contribution >= 4 is 5.69 Å². The molecule has 16 heavy (non-hydrogen) atoms. The zero-order chi connectivity index (χ0) is 12.1. The first-order valence-corrected chi connectivity index (χ1v) is 4.81. The van der Waals surface area contributed by atoms with Gasteiger partial charge in [0.15, 0.2) is 11.6 Å². The van der Waals surface area contributed by atoms with E-state index < -0.39 is 10.7 Å². The van der Waals surface area contributed by atoms with Gasteiger partial charge < -0.3 is 10.5 Å². The molecule has 88 valence electrons. The van der Waals surface area contributed by atoms with Gasteiger partial charge in [-0.25, -0.2) is 4.39 Å². The Kier molecular flexibility index (Phi) is 4.19. The molecule has 6 heteroatoms. The van der Waals surface area contributed by atoms with Crippen LogP contribution in [0.1, 0.15) is 6.92 Å². The molecule has 0 bridgehead atoms. The monoisotopic (exact) mass is 228 g/mol. The molecule has 2 N–H and O–H groups in total. The summed E-state index contributed by atoms with van der Waals surface area (Å²) in [5, 5.41) is 10.4. The second kappa shape index (κ2) is 5.41. The number of nitro groups is 1. The lowest BCUT2D eigenvalue weighted by Gasteiger charge is -2.11. The zero-order valence-electron chi connectivity index (χ0n) is 8.85. The van der Waals surface area contributed by atoms with Gasteiger partial charge in [-0.3, -0.25) is 10.1 Å². The first-order valence-electron chi connectivity index (χ1n) is 4.81. The molecular formula is C10H13FN2O3. The molecule has 0 fully saturated rings. The number of nitrogens with two attached hydrogens (primary N) is 1. The number of hydrogen-bond acceptors (Lipinski definition) is 4. The van der Waals surface area contributed by atoms with Crippen LogP contribution < -0.4 is 10.5 Å². The Morgan fingerprint density at radius 2 is 2.31 bits per heavy atom. The lowest BCUT2D eigenvalue weighted by Crippen LogP contribution is -2.18. The van der Waals surface area contributed by atoms with Crippen LogP contribution in [0.3, 0.4) is 0 Å². The zero-order valence-corrected chi connectivity index (χ0v) is 8.85. The molecule has 0 aromatic heterocycles. The van der Waals surface area contributed by atoms with E-state index in [2.05, 4.69) is 0 Å². The molecule has 0 amide bonds. The molecule has 1 rings (SSSR count). The van der Waals surface area contributed by atoms with E-state index in [-0.39, 0.29) is 24.0 Å². The SMILES string of the molecule is CC(CN)COc1ccc([N+](=O)[O-])cc1F. The molecule has 1 atom stereocenters. The maximum Gasteiger partial charge on any atom is 0.272 e. The molecule has 5 nitrogen and oxygen atoms in total. The van der Waals surface area contributed by atoms with Crippen molar-refractivity contribution in [2.75, 3.05) is 13.2 Å². The van der Waals surface area contributed by atoms with Crippen LogP contribution in [-0.4, -0.2) is 18.1 Å². The third kappa shape index (κ3) is 3.16. The van der Waals surface area contributed by atoms with Crippen LogP contribution in [0.2, 0.25) is 0 Å². The quantitative estimate of drug-likeness (QED) is 0.614. The molecule has 0 aliphatic rings. The van der Waals surface area contributed by atoms with Crippen molar-refractivity contribution in [2.24, 2.45) is 11.7 Å². The van der Waals surface area contributed by atoms with Crippen molar-refractivity contribution in [2.45, 2.75) is 6.92 Å². The number of halogens is 1. The predicted octanol–water partition coefficient (Wildman–Crippen LogP) is 1.71. The minimum absolute atomic E-state index is 0.00546. The van der Waals surface area contributed by atoms with Crippen LogP contribution in [0, 0.1) is 21.8 Å². The second-order valence-corrected chi connectivity index (χ2v) is 3.52. The number of ether oxygens (including phenoxy) is 1. The Balaban J connectivity index is 2.72. The summed E-state index contributed by atoms with van der Waals surface area (Å²) >= 11 is 0. The fraction of sp³-hybridized carbons (Fsp3) is 0.400. The maximum absolute atomic E-state index is 13.3. The van der Waals surface area contributed by atoms with Crippen molar-refractivity contribution in [1.82, 2.24) is 0 Å². The smallest absolute Gasteiger partial charge is 0.272 e. The highest BCUT2D eigenvalue weighted by molar-refractivity contribution is 5.37. The van der Waals surface area contributed by atoms with Gasteiger partial charge in [0.25, 0.3) is 5.69 Å². The molecule has 0 heterocycles. The van der Waals surface area contributed by atoms with Crippen molar-refractivity contribution < 1.29 is 14.1 Å². The third-order valence-corrected chi connectivity index (χ3v) is 2.05. The summed E-state index contributed by atoms with van der Waals surface area (Å²) in [5.41, 5.74) is 5.08. The number of non-ortho nitro benzene ring substituents is 1. The van der Waals surface area contributed by atoms with Crippen molar-refractivity contribution in [3.63, 3.8) is 0 Å². The lowest BCUT2D eigenvalue weighted by molar-refractivity contribution is -0.385. The van der Waals surface area contributed by atoms with Crippen LogP contribution in [0.15, 0.2) is 18.2 Å². The number of hydrogen-bond donors (Lipinski definition) is 1. The Morgan fingerprint density at radius 1 is 1.62 bits per heavy atom. The minimum Gasteiger partial charge on any atom is -0.490 e. The molecule has 0 radical (unpaired) electrons. The number of rotatable bonds is 5. The van der Waals surface area contributed by atoms with Gasteiger partial charge in [-0.2, -0.15) is 0 Å². The molecule has 1 aromatic carbocycles. The van der Waals surface area contributed by atoms with E-state index in [1.807, 2.05) is 6.92 Å². The van der Waals surface area contributed by atoms with Gasteiger partial charge in [0.1, 0.15) is 0 Å². The van der Waals surface area contributed by atoms with Crippen molar-refractivity contribution in [1.29, 1.82) is 0 Å². The Labute approximate surface area is 92.2 Å². The van der Waals surface area contributed by atoms with Crippen LogP contribution in [0.25, 0.3) is 0 Å². The van der Waals surface area contributed by atoms with Gasteiger partial charge in [-0.1, -0.05) is 6.92 Å². The highest BCUT2D eigenvalue weighted by Crippen LogP contribution is 2.22. The maximum atomic E-state index is 13.3. The summed E-state index contributed by atoms with van der Waals surface area (Å²) in [6.07, 6.45) is 0. The molecule has 0 saturated carbocycles. The molecule has 0 aliphatic carbocycles. The normalized spacial score (nSPS) is 12.2. The summed E-state index contributed by atoms with van der Waals surface area (Å²) in [6.45, 7) is 2.59. The van der Waals surface area contributed by atoms with Gasteiger partial charge in [0, 0.05) is 12.0 Å². The summed E-state index contributed by atoms with van der Waals surface area (Å²) in [7, 11) is 0.